The third-order valence-corrected chi connectivity index (χ3v) is 4.56. The van der Waals surface area contributed by atoms with E-state index >= 15 is 0 Å². The Morgan fingerprint density at radius 1 is 1.28 bits per heavy atom. The van der Waals surface area contributed by atoms with Crippen molar-refractivity contribution in [2.75, 3.05) is 18.6 Å². The van der Waals surface area contributed by atoms with Gasteiger partial charge in [-0.1, -0.05) is 29.8 Å². The van der Waals surface area contributed by atoms with Crippen molar-refractivity contribution in [3.05, 3.63) is 35.4 Å². The zero-order chi connectivity index (χ0) is 12.8. The van der Waals surface area contributed by atoms with Crippen molar-refractivity contribution in [3.8, 4) is 0 Å². The van der Waals surface area contributed by atoms with E-state index in [-0.39, 0.29) is 0 Å². The number of aryl methyl sites for hydroxylation is 1. The van der Waals surface area contributed by atoms with Gasteiger partial charge in [-0.3, -0.25) is 0 Å². The number of unbranched alkanes of at least 4 members (excludes halogenated alkanes) is 1. The summed E-state index contributed by atoms with van der Waals surface area (Å²) in [4.78, 5) is 0. The first kappa shape index (κ1) is 14.0. The van der Waals surface area contributed by atoms with E-state index in [1.54, 1.807) is 0 Å². The van der Waals surface area contributed by atoms with Gasteiger partial charge in [0.15, 0.2) is 0 Å². The van der Waals surface area contributed by atoms with E-state index in [0.717, 1.165) is 12.0 Å². The first-order valence-electron chi connectivity index (χ1n) is 7.08. The van der Waals surface area contributed by atoms with Crippen LogP contribution in [0, 0.1) is 6.92 Å². The molecule has 1 aromatic carbocycles. The minimum Gasteiger partial charge on any atom is -0.314 e. The summed E-state index contributed by atoms with van der Waals surface area (Å²) in [5, 5.41) is 3.68. The summed E-state index contributed by atoms with van der Waals surface area (Å²) in [5.74, 6) is 2.10. The Hall–Kier alpha value is -0.470. The maximum atomic E-state index is 3.68. The van der Waals surface area contributed by atoms with Crippen LogP contribution in [0.4, 0.5) is 0 Å². The average Bonchev–Trinajstić information content (AvgIpc) is 2.31. The van der Waals surface area contributed by atoms with E-state index in [4.69, 9.17) is 0 Å². The molecule has 1 aliphatic rings. The van der Waals surface area contributed by atoms with Crippen molar-refractivity contribution >= 4 is 11.8 Å². The average molecular weight is 263 g/mol. The number of rotatable bonds is 7. The lowest BCUT2D eigenvalue weighted by atomic mass is 9.75. The highest BCUT2D eigenvalue weighted by Gasteiger charge is 2.29. The first-order valence-corrected chi connectivity index (χ1v) is 8.48. The molecule has 0 atom stereocenters. The van der Waals surface area contributed by atoms with Gasteiger partial charge in [-0.25, -0.2) is 0 Å². The molecule has 0 aliphatic heterocycles. The smallest absolute Gasteiger partial charge is 0.00787 e. The van der Waals surface area contributed by atoms with E-state index in [2.05, 4.69) is 42.8 Å². The van der Waals surface area contributed by atoms with Crippen LogP contribution in [0.1, 0.15) is 42.7 Å². The molecule has 1 fully saturated rings. The Kier molecular flexibility index (Phi) is 5.58. The lowest BCUT2D eigenvalue weighted by Crippen LogP contribution is -2.40. The highest BCUT2D eigenvalue weighted by Crippen LogP contribution is 2.36. The van der Waals surface area contributed by atoms with Gasteiger partial charge in [-0.2, -0.15) is 11.8 Å². The molecule has 1 saturated carbocycles. The highest BCUT2D eigenvalue weighted by atomic mass is 32.2. The summed E-state index contributed by atoms with van der Waals surface area (Å²) in [6, 6.07) is 9.77. The van der Waals surface area contributed by atoms with E-state index in [0.29, 0.717) is 0 Å². The monoisotopic (exact) mass is 263 g/mol. The van der Waals surface area contributed by atoms with Gasteiger partial charge in [0.05, 0.1) is 0 Å². The lowest BCUT2D eigenvalue weighted by molar-refractivity contribution is 0.290. The summed E-state index contributed by atoms with van der Waals surface area (Å²) < 4.78 is 0. The fourth-order valence-electron chi connectivity index (χ4n) is 2.66. The minimum atomic E-state index is 0.768. The van der Waals surface area contributed by atoms with Gasteiger partial charge in [0.25, 0.3) is 0 Å². The number of nitrogens with one attached hydrogen (secondary N) is 1. The number of benzene rings is 1. The highest BCUT2D eigenvalue weighted by molar-refractivity contribution is 7.98. The molecule has 1 nitrogen and oxygen atoms in total. The third-order valence-electron chi connectivity index (χ3n) is 3.86. The quantitative estimate of drug-likeness (QED) is 0.747. The number of thioether (sulfide) groups is 1. The Morgan fingerprint density at radius 3 is 2.83 bits per heavy atom. The molecule has 0 heterocycles. The maximum Gasteiger partial charge on any atom is 0.00787 e. The van der Waals surface area contributed by atoms with E-state index in [1.807, 2.05) is 11.8 Å². The molecule has 1 aromatic rings. The van der Waals surface area contributed by atoms with Crippen molar-refractivity contribution < 1.29 is 0 Å². The standard InChI is InChI=1S/C16H25NS/c1-13-6-5-7-14(10-13)15-11-16(12-15)17-8-3-4-9-18-2/h5-7,10,15-17H,3-4,8-9,11-12H2,1-2H3. The molecule has 100 valence electrons. The van der Waals surface area contributed by atoms with Crippen LogP contribution in [-0.4, -0.2) is 24.6 Å². The second-order valence-corrected chi connectivity index (χ2v) is 6.42. The zero-order valence-corrected chi connectivity index (χ0v) is 12.4. The van der Waals surface area contributed by atoms with Crippen LogP contribution in [0.3, 0.4) is 0 Å². The summed E-state index contributed by atoms with van der Waals surface area (Å²) in [6.45, 7) is 3.38. The predicted molar refractivity (Wildman–Crippen MR) is 82.6 cm³/mol. The van der Waals surface area contributed by atoms with Crippen LogP contribution in [0.15, 0.2) is 24.3 Å². The van der Waals surface area contributed by atoms with Crippen LogP contribution in [0.25, 0.3) is 0 Å². The second-order valence-electron chi connectivity index (χ2n) is 5.43. The van der Waals surface area contributed by atoms with Gasteiger partial charge in [-0.05, 0) is 62.6 Å². The zero-order valence-electron chi connectivity index (χ0n) is 11.6. The van der Waals surface area contributed by atoms with Crippen molar-refractivity contribution in [3.63, 3.8) is 0 Å². The largest absolute Gasteiger partial charge is 0.314 e. The Labute approximate surface area is 116 Å². The lowest BCUT2D eigenvalue weighted by Gasteiger charge is -2.36. The molecule has 2 heteroatoms. The molecular formula is C16H25NS. The molecule has 0 amide bonds. The van der Waals surface area contributed by atoms with Crippen molar-refractivity contribution in [2.45, 2.75) is 44.6 Å². The molecule has 1 N–H and O–H groups in total. The molecule has 0 spiro atoms. The summed E-state index contributed by atoms with van der Waals surface area (Å²) in [5.41, 5.74) is 2.93. The number of hydrogen-bond donors (Lipinski definition) is 1. The molecule has 0 saturated heterocycles. The molecule has 1 aliphatic carbocycles. The SMILES string of the molecule is CSCCCCNC1CC(c2cccc(C)c2)C1. The van der Waals surface area contributed by atoms with E-state index < -0.39 is 0 Å². The molecule has 0 bridgehead atoms. The van der Waals surface area contributed by atoms with Gasteiger partial charge in [0, 0.05) is 6.04 Å². The fourth-order valence-corrected chi connectivity index (χ4v) is 3.15. The summed E-state index contributed by atoms with van der Waals surface area (Å²) in [6.07, 6.45) is 7.51. The fraction of sp³-hybridized carbons (Fsp3) is 0.625. The Balaban J connectivity index is 1.62. The Bertz CT molecular complexity index is 358. The maximum absolute atomic E-state index is 3.68. The van der Waals surface area contributed by atoms with Crippen molar-refractivity contribution in [1.29, 1.82) is 0 Å². The number of hydrogen-bond acceptors (Lipinski definition) is 2. The van der Waals surface area contributed by atoms with E-state index in [1.165, 1.54) is 49.1 Å². The van der Waals surface area contributed by atoms with Gasteiger partial charge < -0.3 is 5.32 Å². The molecule has 0 unspecified atom stereocenters. The van der Waals surface area contributed by atoms with Crippen molar-refractivity contribution in [2.24, 2.45) is 0 Å². The molecule has 0 aromatic heterocycles. The normalized spacial score (nSPS) is 22.8. The van der Waals surface area contributed by atoms with Crippen LogP contribution >= 0.6 is 11.8 Å². The van der Waals surface area contributed by atoms with Crippen LogP contribution in [-0.2, 0) is 0 Å². The second kappa shape index (κ2) is 7.20. The Morgan fingerprint density at radius 2 is 2.11 bits per heavy atom. The van der Waals surface area contributed by atoms with Crippen LogP contribution in [0.2, 0.25) is 0 Å². The topological polar surface area (TPSA) is 12.0 Å². The van der Waals surface area contributed by atoms with Crippen LogP contribution in [0.5, 0.6) is 0 Å². The molecule has 0 radical (unpaired) electrons. The summed E-state index contributed by atoms with van der Waals surface area (Å²) >= 11 is 1.95. The van der Waals surface area contributed by atoms with Gasteiger partial charge >= 0.3 is 0 Å². The molecule has 18 heavy (non-hydrogen) atoms. The van der Waals surface area contributed by atoms with Crippen LogP contribution < -0.4 is 5.32 Å². The van der Waals surface area contributed by atoms with E-state index in [9.17, 15) is 0 Å². The third kappa shape index (κ3) is 4.03. The molecular weight excluding hydrogens is 238 g/mol. The van der Waals surface area contributed by atoms with Crippen molar-refractivity contribution in [1.82, 2.24) is 5.32 Å². The van der Waals surface area contributed by atoms with Gasteiger partial charge in [0.1, 0.15) is 0 Å². The van der Waals surface area contributed by atoms with Gasteiger partial charge in [-0.15, -0.1) is 0 Å². The van der Waals surface area contributed by atoms with Gasteiger partial charge in [0.2, 0.25) is 0 Å². The summed E-state index contributed by atoms with van der Waals surface area (Å²) in [7, 11) is 0. The first-order chi connectivity index (χ1) is 8.79. The predicted octanol–water partition coefficient (Wildman–Crippen LogP) is 3.97. The molecule has 2 rings (SSSR count). The minimum absolute atomic E-state index is 0.768.